The molecule has 1 aromatic carbocycles. The number of rotatable bonds is 3. The molecule has 2 aromatic heterocycles. The van der Waals surface area contributed by atoms with Crippen LogP contribution in [0.2, 0.25) is 0 Å². The average Bonchev–Trinajstić information content (AvgIpc) is 2.93. The molecule has 7 heteroatoms. The molecule has 3 rings (SSSR count). The van der Waals surface area contributed by atoms with Crippen molar-refractivity contribution < 1.29 is 9.90 Å². The Labute approximate surface area is 146 Å². The zero-order valence-electron chi connectivity index (χ0n) is 12.2. The maximum absolute atomic E-state index is 12.4. The van der Waals surface area contributed by atoms with Crippen LogP contribution in [0.25, 0.3) is 5.82 Å². The predicted molar refractivity (Wildman–Crippen MR) is 94.9 cm³/mol. The fourth-order valence-electron chi connectivity index (χ4n) is 2.14. The van der Waals surface area contributed by atoms with Crippen LogP contribution in [0.1, 0.15) is 16.1 Å². The smallest absolute Gasteiger partial charge is 0.259 e. The summed E-state index contributed by atoms with van der Waals surface area (Å²) in [6.45, 7) is 1.80. The van der Waals surface area contributed by atoms with Gasteiger partial charge in [0.1, 0.15) is 5.75 Å². The van der Waals surface area contributed by atoms with Gasteiger partial charge in [0, 0.05) is 9.77 Å². The second-order valence-electron chi connectivity index (χ2n) is 4.86. The number of aromatic nitrogens is 3. The van der Waals surface area contributed by atoms with Crippen molar-refractivity contribution in [2.24, 2.45) is 0 Å². The van der Waals surface area contributed by atoms with Crippen molar-refractivity contribution in [3.63, 3.8) is 0 Å². The van der Waals surface area contributed by atoms with Gasteiger partial charge in [-0.15, -0.1) is 0 Å². The summed E-state index contributed by atoms with van der Waals surface area (Å²) < 4.78 is 2.51. The van der Waals surface area contributed by atoms with Gasteiger partial charge in [-0.2, -0.15) is 5.10 Å². The maximum atomic E-state index is 12.4. The third-order valence-corrected chi connectivity index (χ3v) is 4.00. The number of nitrogens with zero attached hydrogens (tertiary/aromatic N) is 3. The highest BCUT2D eigenvalue weighted by Gasteiger charge is 2.17. The van der Waals surface area contributed by atoms with Crippen LogP contribution in [-0.2, 0) is 0 Å². The third-order valence-electron chi connectivity index (χ3n) is 3.33. The summed E-state index contributed by atoms with van der Waals surface area (Å²) in [6.07, 6.45) is 3.16. The normalized spacial score (nSPS) is 10.5. The van der Waals surface area contributed by atoms with E-state index in [2.05, 4.69) is 38.0 Å². The maximum Gasteiger partial charge on any atom is 0.259 e. The number of amides is 1. The van der Waals surface area contributed by atoms with Gasteiger partial charge in [0.2, 0.25) is 0 Å². The van der Waals surface area contributed by atoms with Gasteiger partial charge in [-0.1, -0.05) is 6.07 Å². The Balaban J connectivity index is 1.89. The molecule has 3 aromatic rings. The lowest BCUT2D eigenvalue weighted by atomic mass is 10.2. The van der Waals surface area contributed by atoms with E-state index in [1.54, 1.807) is 36.0 Å². The van der Waals surface area contributed by atoms with E-state index in [1.165, 1.54) is 6.20 Å². The molecule has 2 heterocycles. The molecule has 0 fully saturated rings. The summed E-state index contributed by atoms with van der Waals surface area (Å²) in [4.78, 5) is 16.7. The number of carbonyl (C=O) groups excluding carboxylic acids is 1. The predicted octanol–water partition coefficient (Wildman–Crippen LogP) is 3.14. The molecule has 0 bridgehead atoms. The third kappa shape index (κ3) is 3.19. The number of anilines is 1. The second-order valence-corrected chi connectivity index (χ2v) is 6.10. The minimum Gasteiger partial charge on any atom is -0.506 e. The van der Waals surface area contributed by atoms with Crippen molar-refractivity contribution in [1.82, 2.24) is 14.8 Å². The fraction of sp³-hybridized carbons (Fsp3) is 0.0625. The molecule has 0 spiro atoms. The number of hydrogen-bond donors (Lipinski definition) is 2. The Morgan fingerprint density at radius 1 is 1.30 bits per heavy atom. The Morgan fingerprint density at radius 2 is 2.13 bits per heavy atom. The lowest BCUT2D eigenvalue weighted by Crippen LogP contribution is -2.13. The van der Waals surface area contributed by atoms with E-state index < -0.39 is 0 Å². The first-order chi connectivity index (χ1) is 11.1. The molecule has 6 nitrogen and oxygen atoms in total. The van der Waals surface area contributed by atoms with E-state index in [9.17, 15) is 9.90 Å². The van der Waals surface area contributed by atoms with Gasteiger partial charge in [0.15, 0.2) is 5.82 Å². The van der Waals surface area contributed by atoms with E-state index in [4.69, 9.17) is 0 Å². The van der Waals surface area contributed by atoms with Crippen molar-refractivity contribution in [1.29, 1.82) is 0 Å². The van der Waals surface area contributed by atoms with Crippen molar-refractivity contribution >= 4 is 34.2 Å². The Hall–Kier alpha value is -2.42. The number of pyridine rings is 1. The van der Waals surface area contributed by atoms with E-state index in [0.717, 1.165) is 3.57 Å². The van der Waals surface area contributed by atoms with E-state index >= 15 is 0 Å². The van der Waals surface area contributed by atoms with E-state index in [0.29, 0.717) is 22.8 Å². The van der Waals surface area contributed by atoms with Crippen LogP contribution in [-0.4, -0.2) is 25.8 Å². The number of aromatic hydroxyl groups is 1. The first-order valence-electron chi connectivity index (χ1n) is 6.82. The van der Waals surface area contributed by atoms with Gasteiger partial charge in [0.25, 0.3) is 5.91 Å². The molecule has 0 saturated heterocycles. The van der Waals surface area contributed by atoms with Gasteiger partial charge in [0.05, 0.1) is 23.1 Å². The van der Waals surface area contributed by atoms with Crippen LogP contribution in [0.3, 0.4) is 0 Å². The van der Waals surface area contributed by atoms with Crippen LogP contribution in [0.5, 0.6) is 5.75 Å². The minimum absolute atomic E-state index is 0.0218. The summed E-state index contributed by atoms with van der Waals surface area (Å²) in [5.41, 5.74) is 1.46. The lowest BCUT2D eigenvalue weighted by Gasteiger charge is -2.08. The molecule has 0 radical (unpaired) electrons. The number of nitrogens with one attached hydrogen (secondary N) is 1. The first kappa shape index (κ1) is 15.5. The molecule has 0 unspecified atom stereocenters. The molecule has 0 atom stereocenters. The molecular formula is C16H13IN4O2. The summed E-state index contributed by atoms with van der Waals surface area (Å²) >= 11 is 2.11. The Kier molecular flexibility index (Phi) is 4.28. The summed E-state index contributed by atoms with van der Waals surface area (Å²) in [6, 6.07) is 10.5. The SMILES string of the molecule is Cc1c(C(=O)Nc2cc(I)ccc2O)cnn1-c1ccccn1. The van der Waals surface area contributed by atoms with Gasteiger partial charge in [-0.25, -0.2) is 9.67 Å². The Morgan fingerprint density at radius 3 is 2.87 bits per heavy atom. The summed E-state index contributed by atoms with van der Waals surface area (Å²) in [5, 5.41) is 16.8. The van der Waals surface area contributed by atoms with Gasteiger partial charge >= 0.3 is 0 Å². The molecule has 1 amide bonds. The first-order valence-corrected chi connectivity index (χ1v) is 7.90. The number of benzene rings is 1. The van der Waals surface area contributed by atoms with Gasteiger partial charge in [-0.3, -0.25) is 4.79 Å². The number of hydrogen-bond acceptors (Lipinski definition) is 4. The summed E-state index contributed by atoms with van der Waals surface area (Å²) in [7, 11) is 0. The largest absolute Gasteiger partial charge is 0.506 e. The van der Waals surface area contributed by atoms with E-state index in [-0.39, 0.29) is 11.7 Å². The number of halogens is 1. The molecule has 0 aliphatic carbocycles. The van der Waals surface area contributed by atoms with Crippen molar-refractivity contribution in [3.05, 3.63) is 63.6 Å². The van der Waals surface area contributed by atoms with Crippen LogP contribution < -0.4 is 5.32 Å². The molecule has 0 aliphatic heterocycles. The summed E-state index contributed by atoms with van der Waals surface area (Å²) in [5.74, 6) is 0.330. The quantitative estimate of drug-likeness (QED) is 0.504. The highest BCUT2D eigenvalue weighted by Crippen LogP contribution is 2.26. The molecule has 2 N–H and O–H groups in total. The van der Waals surface area contributed by atoms with E-state index in [1.807, 2.05) is 18.2 Å². The molecule has 0 aliphatic rings. The highest BCUT2D eigenvalue weighted by atomic mass is 127. The second kappa shape index (κ2) is 6.37. The molecule has 23 heavy (non-hydrogen) atoms. The molecular weight excluding hydrogens is 407 g/mol. The Bertz CT molecular complexity index is 862. The van der Waals surface area contributed by atoms with Crippen molar-refractivity contribution in [2.45, 2.75) is 6.92 Å². The van der Waals surface area contributed by atoms with Crippen molar-refractivity contribution in [3.8, 4) is 11.6 Å². The topological polar surface area (TPSA) is 80.0 Å². The number of phenolic OH excluding ortho intramolecular Hbond substituents is 1. The highest BCUT2D eigenvalue weighted by molar-refractivity contribution is 14.1. The van der Waals surface area contributed by atoms with Crippen molar-refractivity contribution in [2.75, 3.05) is 5.32 Å². The van der Waals surface area contributed by atoms with Crippen LogP contribution in [0.15, 0.2) is 48.8 Å². The average molecular weight is 420 g/mol. The van der Waals surface area contributed by atoms with Crippen LogP contribution >= 0.6 is 22.6 Å². The number of phenols is 1. The van der Waals surface area contributed by atoms with Gasteiger partial charge in [-0.05, 0) is 59.8 Å². The fourth-order valence-corrected chi connectivity index (χ4v) is 2.63. The molecule has 116 valence electrons. The zero-order chi connectivity index (χ0) is 16.4. The molecule has 0 saturated carbocycles. The lowest BCUT2D eigenvalue weighted by molar-refractivity contribution is 0.102. The zero-order valence-corrected chi connectivity index (χ0v) is 14.4. The minimum atomic E-state index is -0.331. The standard InChI is InChI=1S/C16H13IN4O2/c1-10-12(9-19-21(10)15-4-2-3-7-18-15)16(23)20-13-8-11(17)5-6-14(13)22/h2-9,22H,1H3,(H,20,23). The van der Waals surface area contributed by atoms with Crippen LogP contribution in [0.4, 0.5) is 5.69 Å². The number of carbonyl (C=O) groups is 1. The van der Waals surface area contributed by atoms with Crippen LogP contribution in [0, 0.1) is 10.5 Å². The van der Waals surface area contributed by atoms with Gasteiger partial charge < -0.3 is 10.4 Å². The monoisotopic (exact) mass is 420 g/mol.